The smallest absolute Gasteiger partial charge is 0.337 e. The van der Waals surface area contributed by atoms with Crippen molar-refractivity contribution in [3.63, 3.8) is 0 Å². The predicted molar refractivity (Wildman–Crippen MR) is 567 cm³/mol. The van der Waals surface area contributed by atoms with Crippen LogP contribution in [0.3, 0.4) is 0 Å². The van der Waals surface area contributed by atoms with Gasteiger partial charge in [-0.3, -0.25) is 28.8 Å². The number of carbonyl (C=O) groups is 7. The van der Waals surface area contributed by atoms with Crippen LogP contribution in [0.2, 0.25) is 13.3 Å². The Balaban J connectivity index is 0.000000222. The monoisotopic (exact) mass is 2340 g/mol. The second-order valence-electron chi connectivity index (χ2n) is 35.3. The zero-order valence-corrected chi connectivity index (χ0v) is 89.0. The number of hydrogen-bond acceptors (Lipinski definition) is 12. The van der Waals surface area contributed by atoms with Crippen molar-refractivity contribution < 1.29 is 100 Å². The molecule has 7 N–H and O–H groups in total. The van der Waals surface area contributed by atoms with E-state index in [1.54, 1.807) is 25.5 Å². The van der Waals surface area contributed by atoms with Crippen LogP contribution in [0.1, 0.15) is 183 Å². The number of anilines is 2. The van der Waals surface area contributed by atoms with Crippen molar-refractivity contribution in [3.05, 3.63) is 394 Å². The summed E-state index contributed by atoms with van der Waals surface area (Å²) in [5.41, 5.74) is 27.9. The predicted octanol–water partition coefficient (Wildman–Crippen LogP) is 28.1. The number of aliphatic carboxylic acids is 1. The zero-order valence-electron chi connectivity index (χ0n) is 81.5. The standard InChI is InChI=1S/C18H15P.C13H12F2O.C12H9F2IO.C12H9F2N3O.C12H10F2O.C11H8F2O.C8H7F2N.C6H4BrF2N.C4H6O2.3C4H9.C2H5N3O2.C2H3.Sn/c1-4-10-16(11-5-1)19(17-12-6-2-7-13-17)18-14-8-3-9-15-18;1-3-5-11(16)8-12-9(4-2)6-10(14)7-13(12)15;13-5-1-6-7-3-9(7)12(15)11(16)4-8(6)10(14)2-5;13-5-1-6-7-3-9(7)12(16-17-15)11(18)4-8(6)10(14)2-5;13-7-3-10-9-2-6(9)1-8(15)5-11(10)12(14)4-7;12-8-4-7-2-1-3-9(14)6-10(7)11(13)5-8;1-2-5-3-6(9)4-7(10)8(5)11;7-4-1-3(8)2-5(9)6(4)10;1-2-3-4(5)6;3*1-3-4-2;1-5(4-7)2(3)6;1-2;/h1-15H;3-4,6-7H,1-2,5,8H2;1-2,7,9,12H,3-4H2;1-2,7,9,12H,3-4H2;3-4,6,9H,1-2,5H2;1-2,4-5H,3,6H2;2-4H,1,11H2;1-2H,10H2;2H,1,3H2,(H,5,6);3*1,3-4H2,2H3;1H3,(H2,3,6);1H,2H2;/t;;7-,9?,12+;7-,9?,12-;;;;;;;;;;;/m..00.........../s1. The van der Waals surface area contributed by atoms with Crippen LogP contribution in [0.25, 0.3) is 28.7 Å². The molecule has 4 unspecified atom stereocenters. The van der Waals surface area contributed by atoms with Crippen molar-refractivity contribution in [2.24, 2.45) is 33.9 Å². The minimum atomic E-state index is -1.85. The van der Waals surface area contributed by atoms with Gasteiger partial charge in [0.25, 0.3) is 0 Å². The van der Waals surface area contributed by atoms with E-state index in [1.807, 2.05) is 0 Å². The molecule has 17 rings (SSSR count). The number of alkyl halides is 1. The quantitative estimate of drug-likeness (QED) is 0.00379. The van der Waals surface area contributed by atoms with Gasteiger partial charge in [-0.2, -0.15) is 5.01 Å². The van der Waals surface area contributed by atoms with Gasteiger partial charge in [0.05, 0.1) is 33.0 Å². The van der Waals surface area contributed by atoms with Crippen LogP contribution in [-0.2, 0) is 60.9 Å². The summed E-state index contributed by atoms with van der Waals surface area (Å²) in [6.45, 7) is 24.6. The number of nitrogens with two attached hydrogens (primary N) is 3. The number of unbranched alkanes of at least 4 members (excludes halogenated alkanes) is 3. The van der Waals surface area contributed by atoms with Crippen LogP contribution >= 0.6 is 46.4 Å². The summed E-state index contributed by atoms with van der Waals surface area (Å²) in [5, 5.41) is 18.2. The number of nitrogen functional groups attached to an aromatic ring is 2. The number of fused-ring (bicyclic) bond motifs is 10. The first kappa shape index (κ1) is 122. The van der Waals surface area contributed by atoms with E-state index in [1.165, 1.54) is 110 Å². The second kappa shape index (κ2) is 60.2. The molecule has 0 bridgehead atoms. The van der Waals surface area contributed by atoms with Gasteiger partial charge < -0.3 is 22.3 Å². The molecule has 7 aliphatic rings. The van der Waals surface area contributed by atoms with Gasteiger partial charge in [-0.25, -0.2) is 66.3 Å². The van der Waals surface area contributed by atoms with Crippen LogP contribution in [-0.4, -0.2) is 86.4 Å². The molecule has 0 saturated heterocycles. The average molecular weight is 2340 g/mol. The number of halogens is 16. The third kappa shape index (κ3) is 37.5. The Morgan fingerprint density at radius 2 is 0.932 bits per heavy atom. The molecule has 0 spiro atoms. The molecular weight excluding hydrogens is 2220 g/mol. The molecule has 0 radical (unpaired) electrons. The van der Waals surface area contributed by atoms with Crippen molar-refractivity contribution >= 4 is 151 Å². The normalized spacial score (nSPS) is 17.0. The van der Waals surface area contributed by atoms with Crippen molar-refractivity contribution in [3.8, 4) is 0 Å². The average Bonchev–Trinajstić information content (AvgIpc) is 1.59. The fraction of sp³-hybridized carbons (Fsp3) is 0.295. The van der Waals surface area contributed by atoms with Gasteiger partial charge >= 0.3 is 114 Å². The van der Waals surface area contributed by atoms with E-state index in [0.29, 0.717) is 57.1 Å². The molecular formula is C112H115BrF14IN8O9PSn. The van der Waals surface area contributed by atoms with Crippen molar-refractivity contribution in [2.45, 2.75) is 177 Å². The van der Waals surface area contributed by atoms with Crippen LogP contribution in [0.5, 0.6) is 0 Å². The fourth-order valence-corrected chi connectivity index (χ4v) is 33.5. The summed E-state index contributed by atoms with van der Waals surface area (Å²) < 4.78 is 190. The number of nitrogens with zero attached hydrogens (tertiary/aromatic N) is 5. The first-order chi connectivity index (χ1) is 70.0. The summed E-state index contributed by atoms with van der Waals surface area (Å²) in [6.07, 6.45) is 20.7. The third-order valence-electron chi connectivity index (χ3n) is 24.6. The molecule has 35 heteroatoms. The van der Waals surface area contributed by atoms with Crippen LogP contribution in [0, 0.1) is 104 Å². The molecule has 7 aliphatic carbocycles. The van der Waals surface area contributed by atoms with E-state index >= 15 is 0 Å². The summed E-state index contributed by atoms with van der Waals surface area (Å²) >= 11 is 3.17. The molecule has 0 heterocycles. The number of carboxylic acids is 1. The Morgan fingerprint density at radius 3 is 1.36 bits per heavy atom. The van der Waals surface area contributed by atoms with E-state index in [2.05, 4.69) is 208 Å². The number of rotatable bonds is 23. The number of allylic oxidation sites excluding steroid dienone is 2. The van der Waals surface area contributed by atoms with Gasteiger partial charge in [-0.05, 0) is 187 Å². The number of azide groups is 1. The van der Waals surface area contributed by atoms with Crippen molar-refractivity contribution in [2.75, 3.05) is 18.5 Å². The molecule has 10 aromatic rings. The number of primary amides is 1. The molecule has 3 fully saturated rings. The molecule has 10 aromatic carbocycles. The number of amides is 2. The van der Waals surface area contributed by atoms with E-state index in [-0.39, 0.29) is 146 Å². The number of ketones is 5. The summed E-state index contributed by atoms with van der Waals surface area (Å²) in [7, 11) is 0.730. The van der Waals surface area contributed by atoms with Gasteiger partial charge in [-0.1, -0.05) is 168 Å². The van der Waals surface area contributed by atoms with Gasteiger partial charge in [0.15, 0.2) is 0 Å². The van der Waals surface area contributed by atoms with Crippen LogP contribution in [0.4, 0.5) is 77.6 Å². The maximum absolute atomic E-state index is 13.7. The largest absolute Gasteiger partial charge is 0.395 e. The van der Waals surface area contributed by atoms with Crippen LogP contribution in [0.15, 0.2) is 246 Å². The number of hydrogen-bond donors (Lipinski definition) is 4. The van der Waals surface area contributed by atoms with Crippen molar-refractivity contribution in [1.82, 2.24) is 5.01 Å². The number of carbonyl (C=O) groups excluding carboxylic acids is 6. The number of urea groups is 1. The fourth-order valence-electron chi connectivity index (χ4n) is 16.8. The summed E-state index contributed by atoms with van der Waals surface area (Å²) in [6, 6.07) is 45.0. The molecule has 17 nitrogen and oxygen atoms in total. The Kier molecular flexibility index (Phi) is 49.8. The Labute approximate surface area is 873 Å². The van der Waals surface area contributed by atoms with E-state index in [9.17, 15) is 99.9 Å². The molecule has 0 aromatic heterocycles. The van der Waals surface area contributed by atoms with Gasteiger partial charge in [0.1, 0.15) is 110 Å². The molecule has 2 amide bonds. The van der Waals surface area contributed by atoms with Gasteiger partial charge in [0.2, 0.25) is 0 Å². The second-order valence-corrected chi connectivity index (χ2v) is 52.9. The zero-order chi connectivity index (χ0) is 109. The minimum Gasteiger partial charge on any atom is -0.395 e. The Morgan fingerprint density at radius 1 is 0.524 bits per heavy atom. The number of nitroso groups, excluding NO2 is 1. The molecule has 3 saturated carbocycles. The van der Waals surface area contributed by atoms with E-state index in [0.717, 1.165) is 84.6 Å². The molecule has 0 aliphatic heterocycles. The van der Waals surface area contributed by atoms with Gasteiger partial charge in [-0.15, -0.1) is 18.1 Å². The number of carboxylic acid groups (broad SMARTS) is 1. The number of Topliss-reactive ketones (excluding diaryl/α,β-unsaturated/α-hetero) is 5. The molecule has 778 valence electrons. The molecule has 147 heavy (non-hydrogen) atoms. The summed E-state index contributed by atoms with van der Waals surface area (Å²) in [4.78, 5) is 89.0. The van der Waals surface area contributed by atoms with Gasteiger partial charge in [0, 0.05) is 127 Å². The minimum absolute atomic E-state index is 0.0440. The first-order valence-corrected chi connectivity index (χ1v) is 58.2. The third-order valence-corrected chi connectivity index (χ3v) is 43.4. The maximum Gasteiger partial charge on any atom is 0.337 e. The first-order valence-electron chi connectivity index (χ1n) is 47.1. The summed E-state index contributed by atoms with van der Waals surface area (Å²) in [5.74, 6) is -9.27. The SMILES string of the molecule is C=CCC(=O)Cc1c(F)cc(F)cc1C=C.C=CCC(=O)O.C=Cc1cc(F)cc(F)c1N.C=[CH][Sn]([CH2]CCC)([CH2]CCC)[CH2]CCC.CN(N=O)C(N)=O.Nc1c(F)cc(F)cc1Br.O=C1CC=Cc2cc(F)cc(F)c2C1.O=C1Cc2c(F)cc(F)cc2C2CC2C1.O=C1Cc2c(F)cc(F)cc2[C@@H]2CC2[C@H]1I.[N-]=[N+]=N[C@@H]1C(=O)Cc2c(F)cc(F)cc2[C@@H]2CC12.c1ccc(P(c2ccccc2)c2ccccc2)cc1. The number of benzene rings is 10. The van der Waals surface area contributed by atoms with E-state index in [4.69, 9.17) is 22.1 Å². The van der Waals surface area contributed by atoms with Crippen LogP contribution < -0.4 is 33.1 Å². The Hall–Kier alpha value is -12.3. The topological polar surface area (TPSA) is 299 Å². The van der Waals surface area contributed by atoms with Crippen molar-refractivity contribution in [1.29, 1.82) is 0 Å². The van der Waals surface area contributed by atoms with E-state index < -0.39 is 126 Å². The Bertz CT molecular complexity index is 6300. The molecule has 8 atom stereocenters. The maximum atomic E-state index is 13.7.